The number of carbonyl (C=O) groups excluding carboxylic acids is 3. The van der Waals surface area contributed by atoms with Crippen molar-refractivity contribution in [2.45, 2.75) is 33.9 Å². The number of benzene rings is 1. The third kappa shape index (κ3) is 2.31. The van der Waals surface area contributed by atoms with Crippen molar-refractivity contribution in [2.24, 2.45) is 5.41 Å². The Balaban J connectivity index is 2.41. The van der Waals surface area contributed by atoms with Gasteiger partial charge in [0, 0.05) is 18.1 Å². The molecular formula is C15H17NO4. The first kappa shape index (κ1) is 14.2. The smallest absolute Gasteiger partial charge is 0.313 e. The lowest BCUT2D eigenvalue weighted by atomic mass is 9.97. The highest BCUT2D eigenvalue weighted by Gasteiger charge is 2.42. The molecule has 1 atom stereocenters. The van der Waals surface area contributed by atoms with Crippen LogP contribution >= 0.6 is 0 Å². The maximum Gasteiger partial charge on any atom is 0.313 e. The molecule has 2 amide bonds. The average Bonchev–Trinajstić information content (AvgIpc) is 2.62. The number of amides is 2. The molecule has 0 fully saturated rings. The molecule has 1 aromatic carbocycles. The molecule has 0 aliphatic carbocycles. The molecule has 1 heterocycles. The topological polar surface area (TPSA) is 63.7 Å². The van der Waals surface area contributed by atoms with Crippen molar-refractivity contribution < 1.29 is 19.1 Å². The number of hydrogen-bond donors (Lipinski definition) is 0. The third-order valence-electron chi connectivity index (χ3n) is 3.08. The molecule has 0 saturated heterocycles. The lowest BCUT2D eigenvalue weighted by Crippen LogP contribution is -2.36. The number of fused-ring (bicyclic) bond motifs is 1. The average molecular weight is 275 g/mol. The van der Waals surface area contributed by atoms with Gasteiger partial charge in [0.15, 0.2) is 0 Å². The zero-order valence-corrected chi connectivity index (χ0v) is 12.0. The first-order valence-corrected chi connectivity index (χ1v) is 6.37. The monoisotopic (exact) mass is 275 g/mol. The number of hydrogen-bond acceptors (Lipinski definition) is 4. The summed E-state index contributed by atoms with van der Waals surface area (Å²) in [7, 11) is 0. The van der Waals surface area contributed by atoms with E-state index in [0.717, 1.165) is 4.90 Å². The summed E-state index contributed by atoms with van der Waals surface area (Å²) in [5.41, 5.74) is 0.239. The Kier molecular flexibility index (Phi) is 3.38. The molecule has 0 saturated carbocycles. The highest BCUT2D eigenvalue weighted by Crippen LogP contribution is 2.35. The fourth-order valence-electron chi connectivity index (χ4n) is 1.98. The van der Waals surface area contributed by atoms with E-state index in [-0.39, 0.29) is 0 Å². The van der Waals surface area contributed by atoms with Crippen LogP contribution in [0.2, 0.25) is 0 Å². The molecule has 20 heavy (non-hydrogen) atoms. The Morgan fingerprint density at radius 3 is 2.35 bits per heavy atom. The number of imide groups is 1. The number of nitrogens with zero attached hydrogens (tertiary/aromatic N) is 1. The molecule has 5 heteroatoms. The lowest BCUT2D eigenvalue weighted by Gasteiger charge is -2.25. The largest absolute Gasteiger partial charge is 0.436 e. The predicted octanol–water partition coefficient (Wildman–Crippen LogP) is 2.28. The Bertz CT molecular complexity index is 586. The first-order valence-electron chi connectivity index (χ1n) is 6.37. The number of esters is 1. The van der Waals surface area contributed by atoms with E-state index in [1.54, 1.807) is 45.0 Å². The van der Waals surface area contributed by atoms with Crippen molar-refractivity contribution in [3.05, 3.63) is 35.4 Å². The fourth-order valence-corrected chi connectivity index (χ4v) is 1.98. The maximum absolute atomic E-state index is 12.2. The van der Waals surface area contributed by atoms with E-state index in [1.807, 2.05) is 0 Å². The van der Waals surface area contributed by atoms with Gasteiger partial charge in [0.2, 0.25) is 12.1 Å². The summed E-state index contributed by atoms with van der Waals surface area (Å²) in [6.45, 7) is 6.43. The molecule has 0 bridgehead atoms. The second-order valence-corrected chi connectivity index (χ2v) is 5.79. The molecule has 1 aliphatic heterocycles. The summed E-state index contributed by atoms with van der Waals surface area (Å²) in [4.78, 5) is 36.9. The Labute approximate surface area is 117 Å². The van der Waals surface area contributed by atoms with Gasteiger partial charge in [-0.15, -0.1) is 0 Å². The van der Waals surface area contributed by atoms with Gasteiger partial charge in [0.1, 0.15) is 0 Å². The molecule has 0 unspecified atom stereocenters. The third-order valence-corrected chi connectivity index (χ3v) is 3.08. The number of rotatable bonds is 1. The minimum absolute atomic E-state index is 0.398. The van der Waals surface area contributed by atoms with Crippen LogP contribution in [-0.2, 0) is 14.3 Å². The van der Waals surface area contributed by atoms with E-state index in [2.05, 4.69) is 0 Å². The minimum Gasteiger partial charge on any atom is -0.436 e. The van der Waals surface area contributed by atoms with Crippen molar-refractivity contribution in [1.29, 1.82) is 0 Å². The molecule has 0 aromatic heterocycles. The zero-order chi connectivity index (χ0) is 15.1. The van der Waals surface area contributed by atoms with Crippen LogP contribution in [-0.4, -0.2) is 22.7 Å². The van der Waals surface area contributed by atoms with Crippen LogP contribution < -0.4 is 0 Å². The van der Waals surface area contributed by atoms with Crippen molar-refractivity contribution in [2.75, 3.05) is 0 Å². The molecule has 0 spiro atoms. The molecule has 1 aliphatic rings. The SMILES string of the molecule is CC(=O)N1C(=O)c2ccccc2[C@@H]1OC(=O)C(C)(C)C. The molecule has 1 aromatic rings. The molecule has 0 radical (unpaired) electrons. The summed E-state index contributed by atoms with van der Waals surface area (Å²) in [6.07, 6.45) is -0.970. The number of carbonyl (C=O) groups is 3. The molecule has 2 rings (SSSR count). The van der Waals surface area contributed by atoms with Crippen LogP contribution in [0.15, 0.2) is 24.3 Å². The fraction of sp³-hybridized carbons (Fsp3) is 0.400. The zero-order valence-electron chi connectivity index (χ0n) is 12.0. The van der Waals surface area contributed by atoms with E-state index < -0.39 is 29.4 Å². The van der Waals surface area contributed by atoms with Gasteiger partial charge in [-0.25, -0.2) is 4.90 Å². The predicted molar refractivity (Wildman–Crippen MR) is 71.6 cm³/mol. The Morgan fingerprint density at radius 2 is 1.80 bits per heavy atom. The van der Waals surface area contributed by atoms with Crippen LogP contribution in [0.3, 0.4) is 0 Å². The van der Waals surface area contributed by atoms with Gasteiger partial charge >= 0.3 is 5.97 Å². The molecule has 5 nitrogen and oxygen atoms in total. The van der Waals surface area contributed by atoms with Crippen molar-refractivity contribution in [1.82, 2.24) is 4.90 Å². The van der Waals surface area contributed by atoms with E-state index in [4.69, 9.17) is 4.74 Å². The summed E-state index contributed by atoms with van der Waals surface area (Å²) >= 11 is 0. The Hall–Kier alpha value is -2.17. The van der Waals surface area contributed by atoms with Gasteiger partial charge in [-0.1, -0.05) is 18.2 Å². The summed E-state index contributed by atoms with van der Waals surface area (Å²) in [5, 5.41) is 0. The second-order valence-electron chi connectivity index (χ2n) is 5.79. The first-order chi connectivity index (χ1) is 9.23. The van der Waals surface area contributed by atoms with E-state index in [1.165, 1.54) is 6.92 Å². The van der Waals surface area contributed by atoms with Gasteiger partial charge in [-0.05, 0) is 26.8 Å². The quantitative estimate of drug-likeness (QED) is 0.738. The highest BCUT2D eigenvalue weighted by atomic mass is 16.6. The van der Waals surface area contributed by atoms with E-state index in [9.17, 15) is 14.4 Å². The summed E-state index contributed by atoms with van der Waals surface area (Å²) in [6, 6.07) is 6.77. The molecule has 106 valence electrons. The maximum atomic E-state index is 12.2. The van der Waals surface area contributed by atoms with Crippen LogP contribution in [0.1, 0.15) is 49.8 Å². The van der Waals surface area contributed by atoms with Crippen molar-refractivity contribution in [3.63, 3.8) is 0 Å². The van der Waals surface area contributed by atoms with Gasteiger partial charge in [0.25, 0.3) is 5.91 Å². The summed E-state index contributed by atoms with van der Waals surface area (Å²) < 4.78 is 5.39. The van der Waals surface area contributed by atoms with Crippen LogP contribution in [0.5, 0.6) is 0 Å². The van der Waals surface area contributed by atoms with E-state index in [0.29, 0.717) is 11.1 Å². The second kappa shape index (κ2) is 4.74. The van der Waals surface area contributed by atoms with Crippen molar-refractivity contribution >= 4 is 17.8 Å². The van der Waals surface area contributed by atoms with Gasteiger partial charge in [0.05, 0.1) is 5.41 Å². The van der Waals surface area contributed by atoms with Gasteiger partial charge in [-0.2, -0.15) is 0 Å². The minimum atomic E-state index is -0.970. The van der Waals surface area contributed by atoms with Crippen molar-refractivity contribution in [3.8, 4) is 0 Å². The van der Waals surface area contributed by atoms with Crippen LogP contribution in [0.4, 0.5) is 0 Å². The van der Waals surface area contributed by atoms with Crippen LogP contribution in [0.25, 0.3) is 0 Å². The molecule has 0 N–H and O–H groups in total. The van der Waals surface area contributed by atoms with E-state index >= 15 is 0 Å². The summed E-state index contributed by atoms with van der Waals surface area (Å²) in [5.74, 6) is -1.34. The van der Waals surface area contributed by atoms with Gasteiger partial charge in [-0.3, -0.25) is 14.4 Å². The Morgan fingerprint density at radius 1 is 1.20 bits per heavy atom. The standard InChI is InChI=1S/C15H17NO4/c1-9(17)16-12(18)10-7-5-6-8-11(10)13(16)20-14(19)15(2,3)4/h5-8,13H,1-4H3/t13-/m0/s1. The lowest BCUT2D eigenvalue weighted by molar-refractivity contribution is -0.168. The van der Waals surface area contributed by atoms with Gasteiger partial charge < -0.3 is 4.74 Å². The number of ether oxygens (including phenoxy) is 1. The highest BCUT2D eigenvalue weighted by molar-refractivity contribution is 6.08. The van der Waals surface area contributed by atoms with Crippen LogP contribution in [0, 0.1) is 5.41 Å². The normalized spacial score (nSPS) is 17.9. The molecular weight excluding hydrogens is 258 g/mol.